The number of hydrogen-bond donors (Lipinski definition) is 1. The molecule has 0 unspecified atom stereocenters. The third kappa shape index (κ3) is 9.82. The monoisotopic (exact) mass is 322 g/mol. The number of unbranched alkanes of at least 4 members (excludes halogenated alkanes) is 8. The van der Waals surface area contributed by atoms with Gasteiger partial charge in [0.1, 0.15) is 0 Å². The van der Waals surface area contributed by atoms with E-state index in [9.17, 15) is 4.79 Å². The number of allylic oxidation sites excluding steroid dienone is 2. The topological polar surface area (TPSA) is 59.7 Å². The third-order valence-corrected chi connectivity index (χ3v) is 3.70. The van der Waals surface area contributed by atoms with Crippen LogP contribution in [0.2, 0.25) is 0 Å². The standard InChI is InChI=1S/C19H30O4/c1-2-3-4-5-6-7-8-9-10-11-12-13-16-22-18-15-14-17(23-18)19(20)21/h3-4,14-15H,2,5-13,16H2,1H3,(H,20,21)/b4-3+. The van der Waals surface area contributed by atoms with Crippen LogP contribution in [0.15, 0.2) is 28.7 Å². The van der Waals surface area contributed by atoms with E-state index in [4.69, 9.17) is 14.3 Å². The van der Waals surface area contributed by atoms with Crippen molar-refractivity contribution < 1.29 is 19.1 Å². The highest BCUT2D eigenvalue weighted by molar-refractivity contribution is 5.84. The van der Waals surface area contributed by atoms with Gasteiger partial charge in [-0.3, -0.25) is 0 Å². The number of carboxylic acid groups (broad SMARTS) is 1. The van der Waals surface area contributed by atoms with E-state index < -0.39 is 5.97 Å². The van der Waals surface area contributed by atoms with Gasteiger partial charge in [-0.2, -0.15) is 0 Å². The number of furan rings is 1. The highest BCUT2D eigenvalue weighted by Gasteiger charge is 2.09. The molecule has 4 heteroatoms. The molecule has 0 radical (unpaired) electrons. The van der Waals surface area contributed by atoms with E-state index in [0.717, 1.165) is 19.3 Å². The lowest BCUT2D eigenvalue weighted by atomic mass is 10.1. The van der Waals surface area contributed by atoms with Crippen LogP contribution in [0.25, 0.3) is 0 Å². The zero-order valence-electron chi connectivity index (χ0n) is 14.3. The van der Waals surface area contributed by atoms with Crippen molar-refractivity contribution in [3.05, 3.63) is 30.0 Å². The van der Waals surface area contributed by atoms with E-state index in [-0.39, 0.29) is 5.76 Å². The summed E-state index contributed by atoms with van der Waals surface area (Å²) in [4.78, 5) is 10.7. The van der Waals surface area contributed by atoms with Gasteiger partial charge in [-0.25, -0.2) is 4.79 Å². The van der Waals surface area contributed by atoms with Crippen molar-refractivity contribution in [3.8, 4) is 5.95 Å². The summed E-state index contributed by atoms with van der Waals surface area (Å²) in [5.74, 6) is -0.856. The average Bonchev–Trinajstić information content (AvgIpc) is 3.01. The predicted molar refractivity (Wildman–Crippen MR) is 92.1 cm³/mol. The molecule has 0 spiro atoms. The van der Waals surface area contributed by atoms with Gasteiger partial charge in [-0.05, 0) is 31.7 Å². The summed E-state index contributed by atoms with van der Waals surface area (Å²) in [6.07, 6.45) is 16.8. The second-order valence-corrected chi connectivity index (χ2v) is 5.77. The summed E-state index contributed by atoms with van der Waals surface area (Å²) in [7, 11) is 0. The molecule has 0 aliphatic heterocycles. The summed E-state index contributed by atoms with van der Waals surface area (Å²) >= 11 is 0. The molecule has 1 aromatic heterocycles. The van der Waals surface area contributed by atoms with Crippen LogP contribution < -0.4 is 4.74 Å². The summed E-state index contributed by atoms with van der Waals surface area (Å²) in [6, 6.07) is 2.97. The van der Waals surface area contributed by atoms with Crippen LogP contribution >= 0.6 is 0 Å². The Morgan fingerprint density at radius 3 is 2.30 bits per heavy atom. The lowest BCUT2D eigenvalue weighted by molar-refractivity contribution is 0.0653. The lowest BCUT2D eigenvalue weighted by Crippen LogP contribution is -1.96. The summed E-state index contributed by atoms with van der Waals surface area (Å²) < 4.78 is 10.4. The van der Waals surface area contributed by atoms with Crippen molar-refractivity contribution in [2.75, 3.05) is 6.61 Å². The zero-order valence-corrected chi connectivity index (χ0v) is 14.3. The van der Waals surface area contributed by atoms with Gasteiger partial charge in [0, 0.05) is 6.07 Å². The maximum absolute atomic E-state index is 10.7. The Kier molecular flexibility index (Phi) is 10.8. The molecule has 1 heterocycles. The molecular weight excluding hydrogens is 292 g/mol. The van der Waals surface area contributed by atoms with Gasteiger partial charge in [0.2, 0.25) is 5.76 Å². The Morgan fingerprint density at radius 2 is 1.70 bits per heavy atom. The van der Waals surface area contributed by atoms with Crippen LogP contribution in [-0.2, 0) is 0 Å². The molecule has 130 valence electrons. The molecule has 4 nitrogen and oxygen atoms in total. The highest BCUT2D eigenvalue weighted by atomic mass is 16.6. The minimum Gasteiger partial charge on any atom is -0.475 e. The van der Waals surface area contributed by atoms with Crippen LogP contribution in [0.3, 0.4) is 0 Å². The first-order valence-electron chi connectivity index (χ1n) is 8.85. The van der Waals surface area contributed by atoms with Crippen molar-refractivity contribution in [2.45, 2.75) is 71.1 Å². The molecule has 0 atom stereocenters. The van der Waals surface area contributed by atoms with Gasteiger partial charge >= 0.3 is 5.97 Å². The van der Waals surface area contributed by atoms with Crippen LogP contribution in [0.4, 0.5) is 0 Å². The summed E-state index contributed by atoms with van der Waals surface area (Å²) in [5, 5.41) is 8.73. The molecule has 0 amide bonds. The molecule has 1 aromatic rings. The highest BCUT2D eigenvalue weighted by Crippen LogP contribution is 2.16. The van der Waals surface area contributed by atoms with E-state index in [2.05, 4.69) is 19.1 Å². The second kappa shape index (κ2) is 12.8. The fraction of sp³-hybridized carbons (Fsp3) is 0.632. The van der Waals surface area contributed by atoms with E-state index in [0.29, 0.717) is 12.6 Å². The van der Waals surface area contributed by atoms with Crippen LogP contribution in [0, 0.1) is 0 Å². The third-order valence-electron chi connectivity index (χ3n) is 3.70. The van der Waals surface area contributed by atoms with E-state index in [1.54, 1.807) is 6.07 Å². The first-order valence-corrected chi connectivity index (χ1v) is 8.85. The Balaban J connectivity index is 1.86. The predicted octanol–water partition coefficient (Wildman–Crippen LogP) is 5.83. The molecule has 0 saturated heterocycles. The fourth-order valence-corrected chi connectivity index (χ4v) is 2.39. The fourth-order valence-electron chi connectivity index (χ4n) is 2.39. The van der Waals surface area contributed by atoms with Gasteiger partial charge in [0.15, 0.2) is 0 Å². The van der Waals surface area contributed by atoms with Gasteiger partial charge < -0.3 is 14.3 Å². The number of ether oxygens (including phenoxy) is 1. The second-order valence-electron chi connectivity index (χ2n) is 5.77. The van der Waals surface area contributed by atoms with Crippen LogP contribution in [0.5, 0.6) is 5.95 Å². The van der Waals surface area contributed by atoms with Crippen molar-refractivity contribution in [3.63, 3.8) is 0 Å². The zero-order chi connectivity index (χ0) is 16.8. The maximum Gasteiger partial charge on any atom is 0.371 e. The Bertz CT molecular complexity index is 448. The Labute approximate surface area is 139 Å². The van der Waals surface area contributed by atoms with Gasteiger partial charge in [-0.15, -0.1) is 0 Å². The molecule has 0 saturated carbocycles. The minimum absolute atomic E-state index is 0.0785. The molecule has 0 aliphatic carbocycles. The number of rotatable bonds is 14. The molecule has 1 N–H and O–H groups in total. The molecule has 0 aliphatic rings. The number of aromatic carboxylic acids is 1. The molecule has 1 rings (SSSR count). The number of carboxylic acids is 1. The van der Waals surface area contributed by atoms with E-state index in [1.807, 2.05) is 0 Å². The molecule has 0 fully saturated rings. The summed E-state index contributed by atoms with van der Waals surface area (Å²) in [5.41, 5.74) is 0. The van der Waals surface area contributed by atoms with E-state index >= 15 is 0 Å². The summed E-state index contributed by atoms with van der Waals surface area (Å²) in [6.45, 7) is 2.75. The SMILES string of the molecule is CC/C=C/CCCCCCCCCCOc1ccc(C(=O)O)o1. The van der Waals surface area contributed by atoms with Gasteiger partial charge in [-0.1, -0.05) is 57.6 Å². The van der Waals surface area contributed by atoms with Crippen molar-refractivity contribution in [2.24, 2.45) is 0 Å². The Morgan fingerprint density at radius 1 is 1.04 bits per heavy atom. The van der Waals surface area contributed by atoms with Crippen LogP contribution in [-0.4, -0.2) is 17.7 Å². The Hall–Kier alpha value is -1.71. The maximum atomic E-state index is 10.7. The smallest absolute Gasteiger partial charge is 0.371 e. The average molecular weight is 322 g/mol. The van der Waals surface area contributed by atoms with Gasteiger partial charge in [0.05, 0.1) is 6.61 Å². The molecule has 0 aromatic carbocycles. The van der Waals surface area contributed by atoms with Crippen molar-refractivity contribution in [1.82, 2.24) is 0 Å². The quantitative estimate of drug-likeness (QED) is 0.345. The number of carbonyl (C=O) groups is 1. The molecule has 0 bridgehead atoms. The molecular formula is C19H30O4. The molecule has 23 heavy (non-hydrogen) atoms. The van der Waals surface area contributed by atoms with Gasteiger partial charge in [0.25, 0.3) is 5.95 Å². The largest absolute Gasteiger partial charge is 0.475 e. The minimum atomic E-state index is -1.07. The first-order chi connectivity index (χ1) is 11.2. The number of hydrogen-bond acceptors (Lipinski definition) is 3. The van der Waals surface area contributed by atoms with Crippen LogP contribution in [0.1, 0.15) is 81.7 Å². The first kappa shape index (κ1) is 19.3. The van der Waals surface area contributed by atoms with Crippen molar-refractivity contribution in [1.29, 1.82) is 0 Å². The normalized spacial score (nSPS) is 11.2. The van der Waals surface area contributed by atoms with E-state index in [1.165, 1.54) is 51.0 Å². The van der Waals surface area contributed by atoms with Crippen molar-refractivity contribution >= 4 is 5.97 Å². The lowest BCUT2D eigenvalue weighted by Gasteiger charge is -2.03.